The summed E-state index contributed by atoms with van der Waals surface area (Å²) < 4.78 is 5.53. The van der Waals surface area contributed by atoms with Crippen molar-refractivity contribution in [2.45, 2.75) is 70.9 Å². The number of aliphatic carboxylic acids is 1. The van der Waals surface area contributed by atoms with Crippen LogP contribution in [0.5, 0.6) is 5.75 Å². The first-order chi connectivity index (χ1) is 19.4. The van der Waals surface area contributed by atoms with Gasteiger partial charge in [0, 0.05) is 44.7 Å². The Morgan fingerprint density at radius 3 is 2.50 bits per heavy atom. The van der Waals surface area contributed by atoms with Gasteiger partial charge in [-0.3, -0.25) is 9.69 Å². The van der Waals surface area contributed by atoms with Crippen molar-refractivity contribution in [3.8, 4) is 5.75 Å². The van der Waals surface area contributed by atoms with Gasteiger partial charge in [-0.15, -0.1) is 0 Å². The lowest BCUT2D eigenvalue weighted by atomic mass is 9.83. The zero-order chi connectivity index (χ0) is 28.5. The fourth-order valence-electron chi connectivity index (χ4n) is 6.81. The van der Waals surface area contributed by atoms with E-state index in [-0.39, 0.29) is 17.9 Å². The molecule has 1 saturated carbocycles. The van der Waals surface area contributed by atoms with Gasteiger partial charge in [0.1, 0.15) is 11.8 Å². The number of carboxylic acids is 1. The Kier molecular flexibility index (Phi) is 11.0. The number of amides is 1. The molecule has 0 bridgehead atoms. The van der Waals surface area contributed by atoms with Gasteiger partial charge in [0.25, 0.3) is 0 Å². The standard InChI is InChI=1S/C33H47N3O4/c1-4-5-7-12-24(2)29-23-36(31(32(37)38)26-14-8-6-9-15-26)22-27(29)21-35-19-17-28(18-20-35)34-33(39)40-30-16-11-10-13-25(30)3/h4-5,7,10-13,16,26-29,31H,2,6,8-9,14-15,17-23H2,1,3H3,(H,34,39)(H,37,38)/b5-4-,12-7-/t27-,29+,31+/m0/s1. The van der Waals surface area contributed by atoms with Crippen LogP contribution >= 0.6 is 0 Å². The fourth-order valence-corrected chi connectivity index (χ4v) is 6.81. The lowest BCUT2D eigenvalue weighted by Gasteiger charge is -2.35. The van der Waals surface area contributed by atoms with E-state index in [0.29, 0.717) is 11.7 Å². The molecule has 218 valence electrons. The van der Waals surface area contributed by atoms with E-state index in [2.05, 4.69) is 27.8 Å². The minimum absolute atomic E-state index is 0.0880. The second kappa shape index (κ2) is 14.6. The maximum Gasteiger partial charge on any atom is 0.412 e. The van der Waals surface area contributed by atoms with Gasteiger partial charge in [-0.05, 0) is 63.0 Å². The summed E-state index contributed by atoms with van der Waals surface area (Å²) in [4.78, 5) is 29.7. The topological polar surface area (TPSA) is 82.1 Å². The molecular formula is C33H47N3O4. The lowest BCUT2D eigenvalue weighted by molar-refractivity contribution is -0.145. The summed E-state index contributed by atoms with van der Waals surface area (Å²) in [5, 5.41) is 13.3. The summed E-state index contributed by atoms with van der Waals surface area (Å²) >= 11 is 0. The molecule has 1 aliphatic carbocycles. The molecule has 2 saturated heterocycles. The number of piperidine rings is 1. The van der Waals surface area contributed by atoms with E-state index in [4.69, 9.17) is 4.74 Å². The van der Waals surface area contributed by atoms with Crippen LogP contribution in [-0.4, -0.2) is 71.8 Å². The van der Waals surface area contributed by atoms with E-state index in [1.54, 1.807) is 0 Å². The molecule has 3 atom stereocenters. The first-order valence-corrected chi connectivity index (χ1v) is 15.1. The molecule has 7 nitrogen and oxygen atoms in total. The molecule has 4 rings (SSSR count). The third-order valence-corrected chi connectivity index (χ3v) is 9.00. The zero-order valence-corrected chi connectivity index (χ0v) is 24.3. The molecule has 1 amide bonds. The normalized spacial score (nSPS) is 24.4. The Hall–Kier alpha value is -2.90. The molecule has 3 fully saturated rings. The van der Waals surface area contributed by atoms with Crippen LogP contribution in [0.1, 0.15) is 57.4 Å². The fraction of sp³-hybridized carbons (Fsp3) is 0.576. The number of rotatable bonds is 10. The van der Waals surface area contributed by atoms with Crippen molar-refractivity contribution >= 4 is 12.1 Å². The quantitative estimate of drug-likeness (QED) is 0.358. The molecule has 3 aliphatic rings. The van der Waals surface area contributed by atoms with Gasteiger partial charge >= 0.3 is 12.1 Å². The molecule has 0 aromatic heterocycles. The number of carboxylic acid groups (broad SMARTS) is 1. The third-order valence-electron chi connectivity index (χ3n) is 9.00. The van der Waals surface area contributed by atoms with E-state index in [0.717, 1.165) is 82.4 Å². The van der Waals surface area contributed by atoms with Gasteiger partial charge in [-0.2, -0.15) is 0 Å². The van der Waals surface area contributed by atoms with Crippen molar-refractivity contribution < 1.29 is 19.4 Å². The summed E-state index contributed by atoms with van der Waals surface area (Å²) in [6.07, 6.45) is 15.0. The highest BCUT2D eigenvalue weighted by molar-refractivity contribution is 5.74. The van der Waals surface area contributed by atoms with Crippen molar-refractivity contribution in [2.24, 2.45) is 17.8 Å². The number of allylic oxidation sites excluding steroid dienone is 4. The van der Waals surface area contributed by atoms with Crippen molar-refractivity contribution in [3.63, 3.8) is 0 Å². The first-order valence-electron chi connectivity index (χ1n) is 15.1. The van der Waals surface area contributed by atoms with Gasteiger partial charge in [0.2, 0.25) is 0 Å². The second-order valence-electron chi connectivity index (χ2n) is 11.8. The van der Waals surface area contributed by atoms with Crippen LogP contribution in [0.15, 0.2) is 60.7 Å². The van der Waals surface area contributed by atoms with Gasteiger partial charge in [0.05, 0.1) is 0 Å². The van der Waals surface area contributed by atoms with Crippen LogP contribution < -0.4 is 10.1 Å². The summed E-state index contributed by atoms with van der Waals surface area (Å²) in [6, 6.07) is 7.21. The van der Waals surface area contributed by atoms with E-state index < -0.39 is 18.1 Å². The number of nitrogens with zero attached hydrogens (tertiary/aromatic N) is 2. The maximum atomic E-state index is 12.5. The van der Waals surface area contributed by atoms with Gasteiger partial charge < -0.3 is 20.1 Å². The Bertz CT molecular complexity index is 1070. The Balaban J connectivity index is 1.35. The molecule has 7 heteroatoms. The minimum atomic E-state index is -0.675. The number of carbonyl (C=O) groups excluding carboxylic acids is 1. The lowest BCUT2D eigenvalue weighted by Crippen LogP contribution is -2.48. The van der Waals surface area contributed by atoms with Crippen molar-refractivity contribution in [2.75, 3.05) is 32.7 Å². The van der Waals surface area contributed by atoms with Crippen LogP contribution in [0.25, 0.3) is 0 Å². The molecular weight excluding hydrogens is 502 g/mol. The second-order valence-corrected chi connectivity index (χ2v) is 11.8. The molecule has 1 aromatic carbocycles. The van der Waals surface area contributed by atoms with Crippen molar-refractivity contribution in [1.29, 1.82) is 0 Å². The highest BCUT2D eigenvalue weighted by Crippen LogP contribution is 2.37. The number of nitrogens with one attached hydrogen (secondary N) is 1. The molecule has 0 spiro atoms. The number of aryl methyl sites for hydroxylation is 1. The number of hydrogen-bond acceptors (Lipinski definition) is 5. The van der Waals surface area contributed by atoms with Gasteiger partial charge in [-0.1, -0.05) is 73.9 Å². The molecule has 2 aliphatic heterocycles. The zero-order valence-electron chi connectivity index (χ0n) is 24.3. The highest BCUT2D eigenvalue weighted by atomic mass is 16.6. The van der Waals surface area contributed by atoms with Crippen molar-refractivity contribution in [1.82, 2.24) is 15.1 Å². The minimum Gasteiger partial charge on any atom is -0.480 e. The number of hydrogen-bond donors (Lipinski definition) is 2. The van der Waals surface area contributed by atoms with E-state index in [9.17, 15) is 14.7 Å². The molecule has 0 unspecified atom stereocenters. The first kappa shape index (κ1) is 30.1. The molecule has 2 N–H and O–H groups in total. The van der Waals surface area contributed by atoms with E-state index in [1.807, 2.05) is 56.3 Å². The smallest absolute Gasteiger partial charge is 0.412 e. The number of ether oxygens (including phenoxy) is 1. The highest BCUT2D eigenvalue weighted by Gasteiger charge is 2.43. The van der Waals surface area contributed by atoms with Crippen LogP contribution in [0, 0.1) is 24.7 Å². The number of likely N-dealkylation sites (tertiary alicyclic amines) is 2. The number of benzene rings is 1. The van der Waals surface area contributed by atoms with E-state index in [1.165, 1.54) is 6.42 Å². The van der Waals surface area contributed by atoms with Crippen LogP contribution in [0.2, 0.25) is 0 Å². The Morgan fingerprint density at radius 2 is 1.82 bits per heavy atom. The average Bonchev–Trinajstić information content (AvgIpc) is 3.34. The third kappa shape index (κ3) is 8.07. The average molecular weight is 550 g/mol. The predicted molar refractivity (Wildman–Crippen MR) is 159 cm³/mol. The SMILES string of the molecule is C=C(/C=C\C=C/C)[C@H]1CN([C@@H](C(=O)O)C2CCCCC2)C[C@@H]1CN1CCC(NC(=O)Oc2ccccc2C)CC1. The Morgan fingerprint density at radius 1 is 1.10 bits per heavy atom. The largest absolute Gasteiger partial charge is 0.480 e. The predicted octanol–water partition coefficient (Wildman–Crippen LogP) is 5.82. The number of para-hydroxylation sites is 1. The number of carbonyl (C=O) groups is 2. The summed E-state index contributed by atoms with van der Waals surface area (Å²) in [5.74, 6) is 0.700. The van der Waals surface area contributed by atoms with Crippen molar-refractivity contribution in [3.05, 3.63) is 66.3 Å². The molecule has 2 heterocycles. The maximum absolute atomic E-state index is 12.5. The van der Waals surface area contributed by atoms with Gasteiger partial charge in [-0.25, -0.2) is 4.79 Å². The molecule has 1 aromatic rings. The summed E-state index contributed by atoms with van der Waals surface area (Å²) in [6.45, 7) is 12.6. The van der Waals surface area contributed by atoms with Gasteiger partial charge in [0.15, 0.2) is 0 Å². The van der Waals surface area contributed by atoms with E-state index >= 15 is 0 Å². The summed E-state index contributed by atoms with van der Waals surface area (Å²) in [5.41, 5.74) is 2.01. The molecule has 0 radical (unpaired) electrons. The van der Waals surface area contributed by atoms with Crippen LogP contribution in [0.4, 0.5) is 4.79 Å². The van der Waals surface area contributed by atoms with Crippen LogP contribution in [-0.2, 0) is 4.79 Å². The molecule has 40 heavy (non-hydrogen) atoms. The summed E-state index contributed by atoms with van der Waals surface area (Å²) in [7, 11) is 0. The van der Waals surface area contributed by atoms with Crippen LogP contribution in [0.3, 0.4) is 0 Å². The Labute approximate surface area is 239 Å². The monoisotopic (exact) mass is 549 g/mol.